The summed E-state index contributed by atoms with van der Waals surface area (Å²) < 4.78 is 5.98. The molecule has 0 aliphatic rings. The molecule has 3 heterocycles. The molecule has 6 nitrogen and oxygen atoms in total. The van der Waals surface area contributed by atoms with Crippen LogP contribution in [0.4, 0.5) is 0 Å². The first-order valence-electron chi connectivity index (χ1n) is 10.0. The van der Waals surface area contributed by atoms with E-state index in [2.05, 4.69) is 26.9 Å². The van der Waals surface area contributed by atoms with Gasteiger partial charge in [-0.05, 0) is 30.3 Å². The van der Waals surface area contributed by atoms with Gasteiger partial charge in [-0.3, -0.25) is 9.98 Å². The van der Waals surface area contributed by atoms with Crippen LogP contribution in [0.3, 0.4) is 0 Å². The molecule has 148 valence electrons. The summed E-state index contributed by atoms with van der Waals surface area (Å²) in [5, 5.41) is 18.9. The van der Waals surface area contributed by atoms with E-state index < -0.39 is 0 Å². The quantitative estimate of drug-likeness (QED) is 0.470. The largest absolute Gasteiger partial charge is 0.302 e. The monoisotopic (exact) mass is 402 g/mol. The van der Waals surface area contributed by atoms with Crippen molar-refractivity contribution < 1.29 is 0 Å². The van der Waals surface area contributed by atoms with Crippen LogP contribution in [-0.2, 0) is 0 Å². The standard InChI is InChI=1S/C25H18N6/c26-22-21-16-17-29(19-12-6-2-7-13-19)24(21)31-23(18-10-4-1-5-11-18)27-28-25(31)30(22)20-14-8-3-9-15-20/h1-17,26H. The summed E-state index contributed by atoms with van der Waals surface area (Å²) in [7, 11) is 0. The van der Waals surface area contributed by atoms with Crippen molar-refractivity contribution in [2.45, 2.75) is 0 Å². The summed E-state index contributed by atoms with van der Waals surface area (Å²) in [4.78, 5) is 0. The van der Waals surface area contributed by atoms with Crippen LogP contribution in [0.25, 0.3) is 39.6 Å². The minimum Gasteiger partial charge on any atom is -0.302 e. The number of para-hydroxylation sites is 2. The average molecular weight is 402 g/mol. The molecule has 3 aromatic carbocycles. The maximum atomic E-state index is 9.02. The van der Waals surface area contributed by atoms with E-state index in [1.165, 1.54) is 0 Å². The Bertz CT molecular complexity index is 1580. The Balaban J connectivity index is 1.81. The summed E-state index contributed by atoms with van der Waals surface area (Å²) in [6, 6.07) is 32.0. The van der Waals surface area contributed by atoms with Crippen LogP contribution in [0.1, 0.15) is 0 Å². The molecule has 6 aromatic rings. The summed E-state index contributed by atoms with van der Waals surface area (Å²) in [5.41, 5.74) is 4.09. The number of nitrogens with zero attached hydrogens (tertiary/aromatic N) is 5. The van der Waals surface area contributed by atoms with Crippen LogP contribution >= 0.6 is 0 Å². The smallest absolute Gasteiger partial charge is 0.243 e. The number of hydrogen-bond acceptors (Lipinski definition) is 3. The number of nitrogens with one attached hydrogen (secondary N) is 1. The maximum Gasteiger partial charge on any atom is 0.243 e. The van der Waals surface area contributed by atoms with Crippen LogP contribution in [0.5, 0.6) is 0 Å². The van der Waals surface area contributed by atoms with Gasteiger partial charge in [0, 0.05) is 17.4 Å². The normalized spacial score (nSPS) is 11.4. The van der Waals surface area contributed by atoms with Crippen molar-refractivity contribution in [3.05, 3.63) is 109 Å². The third kappa shape index (κ3) is 2.62. The van der Waals surface area contributed by atoms with Crippen molar-refractivity contribution in [3.63, 3.8) is 0 Å². The van der Waals surface area contributed by atoms with Crippen molar-refractivity contribution in [2.75, 3.05) is 0 Å². The van der Waals surface area contributed by atoms with Crippen molar-refractivity contribution >= 4 is 16.8 Å². The predicted octanol–water partition coefficient (Wildman–Crippen LogP) is 4.61. The number of fused-ring (bicyclic) bond motifs is 3. The zero-order valence-electron chi connectivity index (χ0n) is 16.6. The molecule has 0 fully saturated rings. The highest BCUT2D eigenvalue weighted by atomic mass is 15.3. The molecular formula is C25H18N6. The van der Waals surface area contributed by atoms with Gasteiger partial charge in [0.25, 0.3) is 0 Å². The van der Waals surface area contributed by atoms with Gasteiger partial charge in [-0.2, -0.15) is 0 Å². The van der Waals surface area contributed by atoms with Crippen LogP contribution in [0.2, 0.25) is 0 Å². The first kappa shape index (κ1) is 17.4. The zero-order chi connectivity index (χ0) is 20.8. The van der Waals surface area contributed by atoms with E-state index in [9.17, 15) is 0 Å². The van der Waals surface area contributed by atoms with Crippen LogP contribution in [0.15, 0.2) is 103 Å². The minimum atomic E-state index is 0.371. The Hall–Kier alpha value is -4.45. The third-order valence-corrected chi connectivity index (χ3v) is 5.48. The topological polar surface area (TPSA) is 63.9 Å². The maximum absolute atomic E-state index is 9.02. The summed E-state index contributed by atoms with van der Waals surface area (Å²) in [6.07, 6.45) is 2.00. The molecule has 0 aliphatic heterocycles. The molecular weight excluding hydrogens is 384 g/mol. The fourth-order valence-electron chi connectivity index (χ4n) is 4.07. The lowest BCUT2D eigenvalue weighted by molar-refractivity contribution is 0.912. The molecule has 0 spiro atoms. The van der Waals surface area contributed by atoms with Gasteiger partial charge in [-0.25, -0.2) is 4.40 Å². The lowest BCUT2D eigenvalue weighted by Crippen LogP contribution is -2.22. The fourth-order valence-corrected chi connectivity index (χ4v) is 4.07. The Kier molecular flexibility index (Phi) is 3.83. The number of hydrogen-bond donors (Lipinski definition) is 1. The van der Waals surface area contributed by atoms with E-state index in [4.69, 9.17) is 5.41 Å². The molecule has 1 N–H and O–H groups in total. The van der Waals surface area contributed by atoms with Crippen molar-refractivity contribution in [1.82, 2.24) is 23.7 Å². The molecule has 0 unspecified atom stereocenters. The number of benzene rings is 3. The molecule has 0 radical (unpaired) electrons. The second kappa shape index (κ2) is 6.81. The van der Waals surface area contributed by atoms with Crippen molar-refractivity contribution in [2.24, 2.45) is 0 Å². The van der Waals surface area contributed by atoms with Gasteiger partial charge in [0.1, 0.15) is 11.1 Å². The van der Waals surface area contributed by atoms with Crippen LogP contribution in [-0.4, -0.2) is 23.7 Å². The minimum absolute atomic E-state index is 0.371. The Labute approximate surface area is 177 Å². The molecule has 0 atom stereocenters. The van der Waals surface area contributed by atoms with E-state index in [-0.39, 0.29) is 0 Å². The van der Waals surface area contributed by atoms with Crippen molar-refractivity contribution in [1.29, 1.82) is 5.41 Å². The molecule has 0 saturated heterocycles. The van der Waals surface area contributed by atoms with Gasteiger partial charge in [0.2, 0.25) is 5.78 Å². The highest BCUT2D eigenvalue weighted by molar-refractivity contribution is 5.82. The van der Waals surface area contributed by atoms with Gasteiger partial charge in [-0.15, -0.1) is 10.2 Å². The second-order valence-electron chi connectivity index (χ2n) is 7.30. The van der Waals surface area contributed by atoms with Gasteiger partial charge in [-0.1, -0.05) is 66.7 Å². The molecule has 3 aromatic heterocycles. The van der Waals surface area contributed by atoms with Crippen LogP contribution in [0, 0.1) is 5.41 Å². The SMILES string of the molecule is N=c1c2ccn(-c3ccccc3)c2n2c(-c3ccccc3)nnc2n1-c1ccccc1. The number of rotatable bonds is 3. The fraction of sp³-hybridized carbons (Fsp3) is 0. The Morgan fingerprint density at radius 1 is 0.645 bits per heavy atom. The molecule has 0 amide bonds. The van der Waals surface area contributed by atoms with E-state index >= 15 is 0 Å². The van der Waals surface area contributed by atoms with E-state index in [1.54, 1.807) is 0 Å². The van der Waals surface area contributed by atoms with E-state index in [0.717, 1.165) is 33.8 Å². The Morgan fingerprint density at radius 2 is 1.26 bits per heavy atom. The van der Waals surface area contributed by atoms with Gasteiger partial charge in [0.05, 0.1) is 11.1 Å². The third-order valence-electron chi connectivity index (χ3n) is 5.48. The first-order valence-corrected chi connectivity index (χ1v) is 10.0. The summed E-state index contributed by atoms with van der Waals surface area (Å²) in [6.45, 7) is 0. The molecule has 6 rings (SSSR count). The molecule has 0 saturated carbocycles. The Morgan fingerprint density at radius 3 is 1.94 bits per heavy atom. The first-order chi connectivity index (χ1) is 15.3. The zero-order valence-corrected chi connectivity index (χ0v) is 16.6. The predicted molar refractivity (Wildman–Crippen MR) is 120 cm³/mol. The molecule has 6 heteroatoms. The lowest BCUT2D eigenvalue weighted by atomic mass is 10.2. The second-order valence-corrected chi connectivity index (χ2v) is 7.30. The number of aromatic nitrogens is 5. The molecule has 0 bridgehead atoms. The van der Waals surface area contributed by atoms with Crippen molar-refractivity contribution in [3.8, 4) is 22.8 Å². The lowest BCUT2D eigenvalue weighted by Gasteiger charge is -2.13. The van der Waals surface area contributed by atoms with Gasteiger partial charge < -0.3 is 4.57 Å². The van der Waals surface area contributed by atoms with E-state index in [0.29, 0.717) is 11.3 Å². The average Bonchev–Trinajstić information content (AvgIpc) is 3.46. The highest BCUT2D eigenvalue weighted by Gasteiger charge is 2.20. The molecule has 31 heavy (non-hydrogen) atoms. The van der Waals surface area contributed by atoms with E-state index in [1.807, 2.05) is 100 Å². The molecule has 0 aliphatic carbocycles. The summed E-state index contributed by atoms with van der Waals surface area (Å²) in [5.74, 6) is 1.33. The van der Waals surface area contributed by atoms with Crippen LogP contribution < -0.4 is 5.49 Å². The van der Waals surface area contributed by atoms with Gasteiger partial charge in [0.15, 0.2) is 5.82 Å². The summed E-state index contributed by atoms with van der Waals surface area (Å²) >= 11 is 0. The highest BCUT2D eigenvalue weighted by Crippen LogP contribution is 2.26. The van der Waals surface area contributed by atoms with Gasteiger partial charge >= 0.3 is 0 Å².